The highest BCUT2D eigenvalue weighted by atomic mass is 16.5. The van der Waals surface area contributed by atoms with E-state index in [0.29, 0.717) is 0 Å². The molecule has 18 heavy (non-hydrogen) atoms. The highest BCUT2D eigenvalue weighted by molar-refractivity contribution is 4.75. The molecule has 0 saturated heterocycles. The first kappa shape index (κ1) is 16.0. The zero-order chi connectivity index (χ0) is 13.1. The summed E-state index contributed by atoms with van der Waals surface area (Å²) in [5.74, 6) is 1.49. The van der Waals surface area contributed by atoms with Crippen LogP contribution in [-0.4, -0.2) is 26.4 Å². The molecule has 0 spiro atoms. The first-order chi connectivity index (χ1) is 8.88. The third kappa shape index (κ3) is 6.75. The lowest BCUT2D eigenvalue weighted by Gasteiger charge is -2.31. The van der Waals surface area contributed by atoms with E-state index in [1.165, 1.54) is 51.4 Å². The van der Waals surface area contributed by atoms with Gasteiger partial charge >= 0.3 is 0 Å². The zero-order valence-electron chi connectivity index (χ0n) is 12.5. The van der Waals surface area contributed by atoms with E-state index in [2.05, 4.69) is 13.8 Å². The second-order valence-electron chi connectivity index (χ2n) is 5.66. The van der Waals surface area contributed by atoms with Crippen LogP contribution in [0.15, 0.2) is 0 Å². The molecule has 0 bridgehead atoms. The minimum atomic E-state index is 0.747. The van der Waals surface area contributed by atoms with Gasteiger partial charge in [0.05, 0.1) is 0 Å². The van der Waals surface area contributed by atoms with Crippen molar-refractivity contribution in [1.29, 1.82) is 0 Å². The molecule has 1 aliphatic carbocycles. The van der Waals surface area contributed by atoms with Gasteiger partial charge in [-0.05, 0) is 37.5 Å². The van der Waals surface area contributed by atoms with Crippen LogP contribution in [0.4, 0.5) is 0 Å². The molecule has 0 aromatic rings. The number of ether oxygens (including phenoxy) is 2. The van der Waals surface area contributed by atoms with Crippen molar-refractivity contribution in [3.05, 3.63) is 0 Å². The van der Waals surface area contributed by atoms with Crippen LogP contribution in [0.1, 0.15) is 65.2 Å². The predicted molar refractivity (Wildman–Crippen MR) is 76.9 cm³/mol. The van der Waals surface area contributed by atoms with E-state index in [1.807, 2.05) is 0 Å². The zero-order valence-corrected chi connectivity index (χ0v) is 12.5. The van der Waals surface area contributed by atoms with E-state index >= 15 is 0 Å². The molecule has 2 nitrogen and oxygen atoms in total. The van der Waals surface area contributed by atoms with E-state index in [1.54, 1.807) is 0 Å². The average molecular weight is 256 g/mol. The largest absolute Gasteiger partial charge is 0.381 e. The molecule has 0 radical (unpaired) electrons. The Kier molecular flexibility index (Phi) is 9.59. The Balaban J connectivity index is 2.15. The number of hydrogen-bond donors (Lipinski definition) is 0. The standard InChI is InChI=1S/C16H32O2/c1-3-5-11-17-13-15-9-7-8-10-16(15)14-18-12-6-4-2/h15-16H,3-14H2,1-2H3/t15-,16+. The molecule has 0 aromatic heterocycles. The Morgan fingerprint density at radius 1 is 0.778 bits per heavy atom. The topological polar surface area (TPSA) is 18.5 Å². The van der Waals surface area contributed by atoms with Crippen molar-refractivity contribution in [3.63, 3.8) is 0 Å². The fourth-order valence-corrected chi connectivity index (χ4v) is 2.69. The van der Waals surface area contributed by atoms with Gasteiger partial charge in [-0.2, -0.15) is 0 Å². The van der Waals surface area contributed by atoms with Gasteiger partial charge in [-0.25, -0.2) is 0 Å². The highest BCUT2D eigenvalue weighted by Crippen LogP contribution is 2.30. The van der Waals surface area contributed by atoms with Crippen LogP contribution >= 0.6 is 0 Å². The summed E-state index contributed by atoms with van der Waals surface area (Å²) in [5.41, 5.74) is 0. The lowest BCUT2D eigenvalue weighted by molar-refractivity contribution is 0.0129. The van der Waals surface area contributed by atoms with Crippen molar-refractivity contribution in [1.82, 2.24) is 0 Å². The van der Waals surface area contributed by atoms with Crippen molar-refractivity contribution < 1.29 is 9.47 Å². The molecule has 0 aromatic carbocycles. The summed E-state index contributed by atoms with van der Waals surface area (Å²) in [5, 5.41) is 0. The molecule has 108 valence electrons. The molecule has 1 saturated carbocycles. The minimum absolute atomic E-state index is 0.747. The molecular formula is C16H32O2. The molecule has 1 aliphatic rings. The fourth-order valence-electron chi connectivity index (χ4n) is 2.69. The van der Waals surface area contributed by atoms with Gasteiger partial charge in [-0.3, -0.25) is 0 Å². The van der Waals surface area contributed by atoms with Crippen molar-refractivity contribution >= 4 is 0 Å². The Labute approximate surface area is 113 Å². The molecule has 0 unspecified atom stereocenters. The van der Waals surface area contributed by atoms with Crippen LogP contribution in [0.2, 0.25) is 0 Å². The maximum Gasteiger partial charge on any atom is 0.0497 e. The Hall–Kier alpha value is -0.0800. The van der Waals surface area contributed by atoms with Crippen molar-refractivity contribution in [2.24, 2.45) is 11.8 Å². The van der Waals surface area contributed by atoms with Gasteiger partial charge in [0.25, 0.3) is 0 Å². The molecule has 2 atom stereocenters. The number of rotatable bonds is 10. The normalized spacial score (nSPS) is 24.3. The van der Waals surface area contributed by atoms with Gasteiger partial charge in [0, 0.05) is 26.4 Å². The molecule has 1 fully saturated rings. The summed E-state index contributed by atoms with van der Waals surface area (Å²) in [6.45, 7) is 8.24. The van der Waals surface area contributed by atoms with Gasteiger partial charge in [0.2, 0.25) is 0 Å². The summed E-state index contributed by atoms with van der Waals surface area (Å²) < 4.78 is 11.6. The third-order valence-corrected chi connectivity index (χ3v) is 4.01. The molecular weight excluding hydrogens is 224 g/mol. The molecule has 0 heterocycles. The van der Waals surface area contributed by atoms with Crippen LogP contribution in [0.5, 0.6) is 0 Å². The second kappa shape index (κ2) is 10.8. The van der Waals surface area contributed by atoms with Crippen molar-refractivity contribution in [3.8, 4) is 0 Å². The van der Waals surface area contributed by atoms with Crippen LogP contribution in [-0.2, 0) is 9.47 Å². The molecule has 0 aliphatic heterocycles. The van der Waals surface area contributed by atoms with Crippen molar-refractivity contribution in [2.45, 2.75) is 65.2 Å². The summed E-state index contributed by atoms with van der Waals surface area (Å²) in [6, 6.07) is 0. The van der Waals surface area contributed by atoms with Gasteiger partial charge in [-0.15, -0.1) is 0 Å². The van der Waals surface area contributed by atoms with Gasteiger partial charge in [-0.1, -0.05) is 39.5 Å². The fraction of sp³-hybridized carbons (Fsp3) is 1.00. The third-order valence-electron chi connectivity index (χ3n) is 4.01. The molecule has 0 N–H and O–H groups in total. The van der Waals surface area contributed by atoms with E-state index in [-0.39, 0.29) is 0 Å². The Bertz CT molecular complexity index is 162. The smallest absolute Gasteiger partial charge is 0.0497 e. The van der Waals surface area contributed by atoms with E-state index in [4.69, 9.17) is 9.47 Å². The van der Waals surface area contributed by atoms with Crippen LogP contribution < -0.4 is 0 Å². The van der Waals surface area contributed by atoms with Gasteiger partial charge in [0.1, 0.15) is 0 Å². The number of unbranched alkanes of at least 4 members (excludes halogenated alkanes) is 2. The predicted octanol–water partition coefficient (Wildman–Crippen LogP) is 4.43. The Morgan fingerprint density at radius 3 is 1.61 bits per heavy atom. The van der Waals surface area contributed by atoms with Crippen LogP contribution in [0, 0.1) is 11.8 Å². The lowest BCUT2D eigenvalue weighted by atomic mass is 9.80. The summed E-state index contributed by atoms with van der Waals surface area (Å²) >= 11 is 0. The summed E-state index contributed by atoms with van der Waals surface area (Å²) in [4.78, 5) is 0. The summed E-state index contributed by atoms with van der Waals surface area (Å²) in [7, 11) is 0. The van der Waals surface area contributed by atoms with Crippen LogP contribution in [0.3, 0.4) is 0 Å². The van der Waals surface area contributed by atoms with E-state index in [9.17, 15) is 0 Å². The SMILES string of the molecule is CCCCOC[C@H]1CCCC[C@H]1COCCCC. The first-order valence-electron chi connectivity index (χ1n) is 8.04. The molecule has 2 heteroatoms. The average Bonchev–Trinajstić information content (AvgIpc) is 2.41. The Morgan fingerprint density at radius 2 is 1.22 bits per heavy atom. The maximum absolute atomic E-state index is 5.82. The highest BCUT2D eigenvalue weighted by Gasteiger charge is 2.25. The van der Waals surface area contributed by atoms with E-state index < -0.39 is 0 Å². The number of hydrogen-bond acceptors (Lipinski definition) is 2. The van der Waals surface area contributed by atoms with Gasteiger partial charge in [0.15, 0.2) is 0 Å². The van der Waals surface area contributed by atoms with Gasteiger partial charge < -0.3 is 9.47 Å². The van der Waals surface area contributed by atoms with Crippen LogP contribution in [0.25, 0.3) is 0 Å². The minimum Gasteiger partial charge on any atom is -0.381 e. The molecule has 1 rings (SSSR count). The van der Waals surface area contributed by atoms with E-state index in [0.717, 1.165) is 38.3 Å². The first-order valence-corrected chi connectivity index (χ1v) is 8.04. The monoisotopic (exact) mass is 256 g/mol. The second-order valence-corrected chi connectivity index (χ2v) is 5.66. The summed E-state index contributed by atoms with van der Waals surface area (Å²) in [6.07, 6.45) is 10.3. The quantitative estimate of drug-likeness (QED) is 0.538. The molecule has 0 amide bonds. The van der Waals surface area contributed by atoms with Crippen molar-refractivity contribution in [2.75, 3.05) is 26.4 Å². The lowest BCUT2D eigenvalue weighted by Crippen LogP contribution is -2.28. The maximum atomic E-state index is 5.82.